The number of benzene rings is 1. The second kappa shape index (κ2) is 10.9. The van der Waals surface area contributed by atoms with Gasteiger partial charge in [-0.2, -0.15) is 0 Å². The molecule has 2 atom stereocenters. The summed E-state index contributed by atoms with van der Waals surface area (Å²) in [5, 5.41) is 6.39. The van der Waals surface area contributed by atoms with Gasteiger partial charge in [0.05, 0.1) is 13.2 Å². The number of hydrogen-bond donors (Lipinski definition) is 2. The zero-order valence-corrected chi connectivity index (χ0v) is 17.1. The van der Waals surface area contributed by atoms with Gasteiger partial charge in [0.1, 0.15) is 0 Å². The Morgan fingerprint density at radius 2 is 2.22 bits per heavy atom. The summed E-state index contributed by atoms with van der Waals surface area (Å²) in [6.45, 7) is 10.3. The van der Waals surface area contributed by atoms with Crippen molar-refractivity contribution in [3.05, 3.63) is 29.8 Å². The molecular formula is C21H34N4O2. The molecule has 1 saturated heterocycles. The number of carbonyl (C=O) groups is 1. The molecule has 2 N–H and O–H groups in total. The standard InChI is InChI=1S/C21H34N4O2/c1-5-16(3)20(26)24-19-9-7-8-17(12-19)13-23-21(22-6-2)25-11-10-18(14-25)15-27-4/h7-9,12,16,18H,5-6,10-11,13-15H2,1-4H3,(H,22,23)(H,24,26). The van der Waals surface area contributed by atoms with Crippen LogP contribution < -0.4 is 10.6 Å². The minimum Gasteiger partial charge on any atom is -0.384 e. The zero-order valence-electron chi connectivity index (χ0n) is 17.1. The van der Waals surface area contributed by atoms with E-state index in [1.54, 1.807) is 7.11 Å². The summed E-state index contributed by atoms with van der Waals surface area (Å²) in [5.41, 5.74) is 1.92. The number of carbonyl (C=O) groups excluding carboxylic acids is 1. The molecule has 27 heavy (non-hydrogen) atoms. The van der Waals surface area contributed by atoms with E-state index in [-0.39, 0.29) is 11.8 Å². The second-order valence-corrected chi connectivity index (χ2v) is 7.23. The largest absolute Gasteiger partial charge is 0.384 e. The lowest BCUT2D eigenvalue weighted by atomic mass is 10.1. The Morgan fingerprint density at radius 1 is 1.41 bits per heavy atom. The Bertz CT molecular complexity index is 632. The van der Waals surface area contributed by atoms with Gasteiger partial charge in [-0.15, -0.1) is 0 Å². The van der Waals surface area contributed by atoms with Gasteiger partial charge in [0.2, 0.25) is 5.91 Å². The molecule has 1 aliphatic heterocycles. The molecule has 0 aromatic heterocycles. The normalized spacial score (nSPS) is 18.4. The maximum Gasteiger partial charge on any atom is 0.227 e. The molecule has 0 saturated carbocycles. The highest BCUT2D eigenvalue weighted by atomic mass is 16.5. The third-order valence-electron chi connectivity index (χ3n) is 4.99. The molecule has 150 valence electrons. The van der Waals surface area contributed by atoms with Crippen molar-refractivity contribution in [1.29, 1.82) is 0 Å². The number of guanidine groups is 1. The molecule has 0 bridgehead atoms. The van der Waals surface area contributed by atoms with Crippen molar-refractivity contribution in [2.24, 2.45) is 16.8 Å². The monoisotopic (exact) mass is 374 g/mol. The molecular weight excluding hydrogens is 340 g/mol. The highest BCUT2D eigenvalue weighted by Gasteiger charge is 2.24. The summed E-state index contributed by atoms with van der Waals surface area (Å²) in [6.07, 6.45) is 1.97. The summed E-state index contributed by atoms with van der Waals surface area (Å²) in [4.78, 5) is 19.2. The Labute approximate surface area is 163 Å². The fraction of sp³-hybridized carbons (Fsp3) is 0.619. The van der Waals surface area contributed by atoms with Crippen LogP contribution in [0.1, 0.15) is 39.2 Å². The number of anilines is 1. The first kappa shape index (κ1) is 21.2. The number of nitrogens with zero attached hydrogens (tertiary/aromatic N) is 2. The van der Waals surface area contributed by atoms with E-state index in [4.69, 9.17) is 9.73 Å². The van der Waals surface area contributed by atoms with Gasteiger partial charge in [-0.05, 0) is 37.5 Å². The summed E-state index contributed by atoms with van der Waals surface area (Å²) < 4.78 is 5.29. The lowest BCUT2D eigenvalue weighted by Gasteiger charge is -2.21. The van der Waals surface area contributed by atoms with Crippen molar-refractivity contribution in [2.75, 3.05) is 38.7 Å². The number of ether oxygens (including phenoxy) is 1. The van der Waals surface area contributed by atoms with E-state index < -0.39 is 0 Å². The van der Waals surface area contributed by atoms with Crippen molar-refractivity contribution in [1.82, 2.24) is 10.2 Å². The fourth-order valence-corrected chi connectivity index (χ4v) is 3.19. The van der Waals surface area contributed by atoms with E-state index in [1.807, 2.05) is 38.1 Å². The summed E-state index contributed by atoms with van der Waals surface area (Å²) >= 11 is 0. The van der Waals surface area contributed by atoms with Crippen LogP contribution in [0.5, 0.6) is 0 Å². The highest BCUT2D eigenvalue weighted by Crippen LogP contribution is 2.17. The number of nitrogens with one attached hydrogen (secondary N) is 2. The highest BCUT2D eigenvalue weighted by molar-refractivity contribution is 5.92. The predicted octanol–water partition coefficient (Wildman–Crippen LogP) is 3.11. The topological polar surface area (TPSA) is 66.0 Å². The number of likely N-dealkylation sites (tertiary alicyclic amines) is 1. The third kappa shape index (κ3) is 6.54. The van der Waals surface area contributed by atoms with Crippen molar-refractivity contribution in [3.8, 4) is 0 Å². The molecule has 0 aliphatic carbocycles. The van der Waals surface area contributed by atoms with Gasteiger partial charge in [-0.3, -0.25) is 4.79 Å². The average molecular weight is 375 g/mol. The number of aliphatic imine (C=N–C) groups is 1. The molecule has 6 nitrogen and oxygen atoms in total. The van der Waals surface area contributed by atoms with Crippen LogP contribution in [0, 0.1) is 11.8 Å². The van der Waals surface area contributed by atoms with Crippen LogP contribution in [0.15, 0.2) is 29.3 Å². The Balaban J connectivity index is 2.01. The second-order valence-electron chi connectivity index (χ2n) is 7.23. The first-order chi connectivity index (χ1) is 13.1. The quantitative estimate of drug-likeness (QED) is 0.542. The Morgan fingerprint density at radius 3 is 2.93 bits per heavy atom. The molecule has 1 aromatic rings. The molecule has 1 aromatic carbocycles. The van der Waals surface area contributed by atoms with Crippen molar-refractivity contribution in [2.45, 2.75) is 40.2 Å². The molecule has 1 amide bonds. The number of amides is 1. The van der Waals surface area contributed by atoms with Crippen LogP contribution in [-0.4, -0.2) is 50.1 Å². The average Bonchev–Trinajstić information content (AvgIpc) is 3.13. The lowest BCUT2D eigenvalue weighted by Crippen LogP contribution is -2.40. The van der Waals surface area contributed by atoms with Gasteiger partial charge in [0, 0.05) is 44.3 Å². The van der Waals surface area contributed by atoms with Crippen LogP contribution >= 0.6 is 0 Å². The van der Waals surface area contributed by atoms with E-state index in [0.29, 0.717) is 12.5 Å². The van der Waals surface area contributed by atoms with E-state index in [2.05, 4.69) is 22.5 Å². The number of hydrogen-bond acceptors (Lipinski definition) is 3. The molecule has 0 radical (unpaired) electrons. The summed E-state index contributed by atoms with van der Waals surface area (Å²) in [5.74, 6) is 1.60. The molecule has 6 heteroatoms. The first-order valence-corrected chi connectivity index (χ1v) is 9.99. The van der Waals surface area contributed by atoms with Crippen LogP contribution in [0.25, 0.3) is 0 Å². The summed E-state index contributed by atoms with van der Waals surface area (Å²) in [6, 6.07) is 7.94. The lowest BCUT2D eigenvalue weighted by molar-refractivity contribution is -0.119. The van der Waals surface area contributed by atoms with Crippen molar-refractivity contribution < 1.29 is 9.53 Å². The number of methoxy groups -OCH3 is 1. The van der Waals surface area contributed by atoms with E-state index in [9.17, 15) is 4.79 Å². The van der Waals surface area contributed by atoms with E-state index >= 15 is 0 Å². The van der Waals surface area contributed by atoms with E-state index in [1.165, 1.54) is 0 Å². The molecule has 1 heterocycles. The molecule has 1 fully saturated rings. The molecule has 2 unspecified atom stereocenters. The van der Waals surface area contributed by atoms with Gasteiger partial charge in [0.15, 0.2) is 5.96 Å². The first-order valence-electron chi connectivity index (χ1n) is 9.99. The van der Waals surface area contributed by atoms with Crippen LogP contribution in [-0.2, 0) is 16.1 Å². The van der Waals surface area contributed by atoms with Gasteiger partial charge in [-0.1, -0.05) is 26.0 Å². The molecule has 2 rings (SSSR count). The maximum atomic E-state index is 12.1. The fourth-order valence-electron chi connectivity index (χ4n) is 3.19. The molecule has 0 spiro atoms. The van der Waals surface area contributed by atoms with Gasteiger partial charge >= 0.3 is 0 Å². The van der Waals surface area contributed by atoms with E-state index in [0.717, 1.165) is 56.3 Å². The zero-order chi connectivity index (χ0) is 19.6. The van der Waals surface area contributed by atoms with Gasteiger partial charge < -0.3 is 20.3 Å². The molecule has 1 aliphatic rings. The predicted molar refractivity (Wildman–Crippen MR) is 111 cm³/mol. The third-order valence-corrected chi connectivity index (χ3v) is 4.99. The van der Waals surface area contributed by atoms with Crippen molar-refractivity contribution in [3.63, 3.8) is 0 Å². The van der Waals surface area contributed by atoms with Crippen LogP contribution in [0.3, 0.4) is 0 Å². The summed E-state index contributed by atoms with van der Waals surface area (Å²) in [7, 11) is 1.76. The Hall–Kier alpha value is -2.08. The number of rotatable bonds is 8. The SMILES string of the molecule is CCNC(=NCc1cccc(NC(=O)C(C)CC)c1)N1CCC(COC)C1. The van der Waals surface area contributed by atoms with Crippen LogP contribution in [0.2, 0.25) is 0 Å². The smallest absolute Gasteiger partial charge is 0.227 e. The minimum atomic E-state index is 0.0160. The maximum absolute atomic E-state index is 12.1. The van der Waals surface area contributed by atoms with Gasteiger partial charge in [0.25, 0.3) is 0 Å². The van der Waals surface area contributed by atoms with Crippen molar-refractivity contribution >= 4 is 17.6 Å². The van der Waals surface area contributed by atoms with Gasteiger partial charge in [-0.25, -0.2) is 4.99 Å². The minimum absolute atomic E-state index is 0.0160. The van der Waals surface area contributed by atoms with Crippen LogP contribution in [0.4, 0.5) is 5.69 Å². The Kier molecular flexibility index (Phi) is 8.58.